The van der Waals surface area contributed by atoms with Gasteiger partial charge >= 0.3 is 0 Å². The average molecular weight is 312 g/mol. The lowest BCUT2D eigenvalue weighted by atomic mass is 9.89. The molecule has 0 radical (unpaired) electrons. The number of para-hydroxylation sites is 1. The van der Waals surface area contributed by atoms with Gasteiger partial charge in [0.15, 0.2) is 0 Å². The van der Waals surface area contributed by atoms with Crippen molar-refractivity contribution in [2.24, 2.45) is 11.8 Å². The Morgan fingerprint density at radius 1 is 1.22 bits per heavy atom. The number of fused-ring (bicyclic) bond motifs is 1. The van der Waals surface area contributed by atoms with Crippen LogP contribution in [-0.2, 0) is 4.79 Å². The normalized spacial score (nSPS) is 26.7. The number of nitrogens with zero attached hydrogens (tertiary/aromatic N) is 5. The number of hydrogen-bond donors (Lipinski definition) is 1. The zero-order valence-corrected chi connectivity index (χ0v) is 13.1. The summed E-state index contributed by atoms with van der Waals surface area (Å²) < 4.78 is 1.77. The van der Waals surface area contributed by atoms with Crippen LogP contribution < -0.4 is 10.2 Å². The summed E-state index contributed by atoms with van der Waals surface area (Å²) in [6.07, 6.45) is 2.75. The lowest BCUT2D eigenvalue weighted by molar-refractivity contribution is -0.124. The molecule has 0 unspecified atom stereocenters. The molecule has 0 spiro atoms. The lowest BCUT2D eigenvalue weighted by Crippen LogP contribution is -2.38. The summed E-state index contributed by atoms with van der Waals surface area (Å²) in [5, 5.41) is 15.2. The van der Waals surface area contributed by atoms with Crippen LogP contribution in [0.3, 0.4) is 0 Å². The highest BCUT2D eigenvalue weighted by Crippen LogP contribution is 2.39. The van der Waals surface area contributed by atoms with Crippen LogP contribution in [0.25, 0.3) is 5.69 Å². The minimum absolute atomic E-state index is 0.184. The summed E-state index contributed by atoms with van der Waals surface area (Å²) in [5.74, 6) is 1.99. The van der Waals surface area contributed by atoms with Crippen molar-refractivity contribution in [2.45, 2.75) is 25.3 Å². The fraction of sp³-hybridized carbons (Fsp3) is 0.500. The average Bonchev–Trinajstić information content (AvgIpc) is 3.21. The second kappa shape index (κ2) is 5.64. The first-order chi connectivity index (χ1) is 11.2. The van der Waals surface area contributed by atoms with Crippen molar-refractivity contribution < 1.29 is 4.79 Å². The van der Waals surface area contributed by atoms with Crippen LogP contribution in [0.1, 0.15) is 19.3 Å². The van der Waals surface area contributed by atoms with Crippen LogP contribution in [0.4, 0.5) is 5.95 Å². The fourth-order valence-corrected chi connectivity index (χ4v) is 3.85. The second-order valence-corrected chi connectivity index (χ2v) is 6.49. The van der Waals surface area contributed by atoms with Crippen molar-refractivity contribution in [2.75, 3.05) is 18.5 Å². The summed E-state index contributed by atoms with van der Waals surface area (Å²) >= 11 is 0. The van der Waals surface area contributed by atoms with Crippen molar-refractivity contribution in [1.29, 1.82) is 0 Å². The van der Waals surface area contributed by atoms with Crippen molar-refractivity contribution in [1.82, 2.24) is 25.5 Å². The van der Waals surface area contributed by atoms with Crippen LogP contribution in [0.5, 0.6) is 0 Å². The Labute approximate surface area is 134 Å². The minimum Gasteiger partial charge on any atom is -0.356 e. The molecule has 2 fully saturated rings. The van der Waals surface area contributed by atoms with E-state index >= 15 is 0 Å². The minimum atomic E-state index is 0.184. The van der Waals surface area contributed by atoms with Crippen molar-refractivity contribution >= 4 is 11.9 Å². The van der Waals surface area contributed by atoms with Crippen molar-refractivity contribution in [3.8, 4) is 5.69 Å². The summed E-state index contributed by atoms with van der Waals surface area (Å²) in [6, 6.07) is 10.3. The monoisotopic (exact) mass is 312 g/mol. The number of carbonyl (C=O) groups excluding carboxylic acids is 1. The molecule has 1 saturated heterocycles. The van der Waals surface area contributed by atoms with Gasteiger partial charge < -0.3 is 10.2 Å². The molecule has 7 heteroatoms. The van der Waals surface area contributed by atoms with Gasteiger partial charge in [0.1, 0.15) is 0 Å². The molecule has 0 bridgehead atoms. The molecule has 7 nitrogen and oxygen atoms in total. The van der Waals surface area contributed by atoms with Crippen molar-refractivity contribution in [3.05, 3.63) is 30.3 Å². The molecule has 1 saturated carbocycles. The number of piperidine rings is 1. The van der Waals surface area contributed by atoms with Gasteiger partial charge in [0.25, 0.3) is 0 Å². The molecule has 23 heavy (non-hydrogen) atoms. The predicted octanol–water partition coefficient (Wildman–Crippen LogP) is 1.01. The Morgan fingerprint density at radius 2 is 2.00 bits per heavy atom. The van der Waals surface area contributed by atoms with Crippen LogP contribution in [-0.4, -0.2) is 45.7 Å². The van der Waals surface area contributed by atoms with Gasteiger partial charge in [-0.15, -0.1) is 0 Å². The van der Waals surface area contributed by atoms with E-state index in [0.717, 1.165) is 31.0 Å². The van der Waals surface area contributed by atoms with Gasteiger partial charge in [-0.25, -0.2) is 0 Å². The van der Waals surface area contributed by atoms with E-state index in [1.165, 1.54) is 0 Å². The third-order valence-corrected chi connectivity index (χ3v) is 5.14. The molecule has 1 aromatic carbocycles. The van der Waals surface area contributed by atoms with Gasteiger partial charge in [-0.1, -0.05) is 23.3 Å². The highest BCUT2D eigenvalue weighted by molar-refractivity contribution is 5.77. The molecular formula is C16H20N6O. The van der Waals surface area contributed by atoms with Gasteiger partial charge in [0.2, 0.25) is 11.9 Å². The van der Waals surface area contributed by atoms with E-state index in [9.17, 15) is 4.79 Å². The summed E-state index contributed by atoms with van der Waals surface area (Å²) in [6.45, 7) is 0.803. The van der Waals surface area contributed by atoms with Crippen LogP contribution >= 0.6 is 0 Å². The maximum absolute atomic E-state index is 11.6. The third-order valence-electron chi connectivity index (χ3n) is 5.14. The topological polar surface area (TPSA) is 75.9 Å². The molecule has 1 aliphatic carbocycles. The van der Waals surface area contributed by atoms with Gasteiger partial charge in [-0.05, 0) is 47.2 Å². The number of aromatic nitrogens is 4. The lowest BCUT2D eigenvalue weighted by Gasteiger charge is -2.25. The maximum Gasteiger partial charge on any atom is 0.250 e. The molecule has 3 atom stereocenters. The second-order valence-electron chi connectivity index (χ2n) is 6.49. The summed E-state index contributed by atoms with van der Waals surface area (Å²) in [4.78, 5) is 13.8. The molecule has 2 aromatic rings. The van der Waals surface area contributed by atoms with Crippen molar-refractivity contribution in [3.63, 3.8) is 0 Å². The number of hydrogen-bond acceptors (Lipinski definition) is 5. The molecule has 1 amide bonds. The number of amides is 1. The highest BCUT2D eigenvalue weighted by atomic mass is 16.1. The quantitative estimate of drug-likeness (QED) is 0.915. The molecule has 2 aliphatic rings. The van der Waals surface area contributed by atoms with E-state index in [1.54, 1.807) is 4.68 Å². The van der Waals surface area contributed by atoms with Gasteiger partial charge in [-0.2, -0.15) is 4.68 Å². The first-order valence-corrected chi connectivity index (χ1v) is 8.05. The van der Waals surface area contributed by atoms with Gasteiger partial charge in [0, 0.05) is 26.1 Å². The van der Waals surface area contributed by atoms with Crippen LogP contribution in [0.2, 0.25) is 0 Å². The molecule has 2 heterocycles. The number of tetrazole rings is 1. The van der Waals surface area contributed by atoms with E-state index in [0.29, 0.717) is 24.3 Å². The maximum atomic E-state index is 11.6. The highest BCUT2D eigenvalue weighted by Gasteiger charge is 2.40. The smallest absolute Gasteiger partial charge is 0.250 e. The number of nitrogens with one attached hydrogen (secondary N) is 1. The Balaban J connectivity index is 1.56. The van der Waals surface area contributed by atoms with E-state index in [-0.39, 0.29) is 5.91 Å². The Hall–Kier alpha value is -2.44. The van der Waals surface area contributed by atoms with Gasteiger partial charge in [0.05, 0.1) is 5.69 Å². The molecule has 1 aliphatic heterocycles. The number of carbonyl (C=O) groups is 1. The van der Waals surface area contributed by atoms with E-state index in [2.05, 4.69) is 25.7 Å². The summed E-state index contributed by atoms with van der Waals surface area (Å²) in [7, 11) is 2.04. The first-order valence-electron chi connectivity index (χ1n) is 8.05. The third kappa shape index (κ3) is 2.56. The zero-order valence-electron chi connectivity index (χ0n) is 13.1. The molecule has 4 rings (SSSR count). The molecular weight excluding hydrogens is 292 g/mol. The summed E-state index contributed by atoms with van der Waals surface area (Å²) in [5.41, 5.74) is 0.951. The predicted molar refractivity (Wildman–Crippen MR) is 85.2 cm³/mol. The number of anilines is 1. The Bertz CT molecular complexity index is 700. The van der Waals surface area contributed by atoms with E-state index < -0.39 is 0 Å². The standard InChI is InChI=1S/C16H20N6O/c1-21(14-7-11-9-15(23)17-10-12(11)8-14)16-18-19-20-22(16)13-5-3-2-4-6-13/h2-6,11-12,14H,7-10H2,1H3,(H,17,23)/t11-,12+,14-/m0/s1. The van der Waals surface area contributed by atoms with E-state index in [1.807, 2.05) is 37.4 Å². The molecule has 120 valence electrons. The molecule has 1 N–H and O–H groups in total. The zero-order chi connectivity index (χ0) is 15.8. The SMILES string of the molecule is CN(c1nnnn1-c1ccccc1)[C@H]1C[C@H]2CC(=O)NC[C@H]2C1. The fourth-order valence-electron chi connectivity index (χ4n) is 3.85. The largest absolute Gasteiger partial charge is 0.356 e. The molecule has 1 aromatic heterocycles. The Morgan fingerprint density at radius 3 is 2.83 bits per heavy atom. The first kappa shape index (κ1) is 14.2. The number of rotatable bonds is 3. The van der Waals surface area contributed by atoms with Gasteiger partial charge in [-0.3, -0.25) is 4.79 Å². The van der Waals surface area contributed by atoms with Crippen LogP contribution in [0.15, 0.2) is 30.3 Å². The van der Waals surface area contributed by atoms with E-state index in [4.69, 9.17) is 0 Å². The number of benzene rings is 1. The van der Waals surface area contributed by atoms with Crippen LogP contribution in [0, 0.1) is 11.8 Å². The Kier molecular flexibility index (Phi) is 3.48.